The average molecular weight is 296 g/mol. The van der Waals surface area contributed by atoms with Crippen LogP contribution in [-0.2, 0) is 6.54 Å². The van der Waals surface area contributed by atoms with E-state index in [4.69, 9.17) is 9.15 Å². The Labute approximate surface area is 109 Å². The van der Waals surface area contributed by atoms with E-state index >= 15 is 0 Å². The molecule has 2 rings (SSSR count). The lowest BCUT2D eigenvalue weighted by molar-refractivity contribution is 0.341. The molecule has 90 valence electrons. The summed E-state index contributed by atoms with van der Waals surface area (Å²) < 4.78 is 11.8. The van der Waals surface area contributed by atoms with Crippen molar-refractivity contribution >= 4 is 21.6 Å². The maximum absolute atomic E-state index is 5.53. The number of para-hydroxylation sites is 2. The second-order valence-electron chi connectivity index (χ2n) is 3.47. The predicted molar refractivity (Wildman–Crippen MR) is 71.3 cm³/mol. The number of anilines is 1. The van der Waals surface area contributed by atoms with Gasteiger partial charge in [-0.05, 0) is 41.1 Å². The summed E-state index contributed by atoms with van der Waals surface area (Å²) in [5.74, 6) is 1.73. The van der Waals surface area contributed by atoms with Gasteiger partial charge in [0.05, 0.1) is 29.6 Å². The van der Waals surface area contributed by atoms with Crippen LogP contribution >= 0.6 is 15.9 Å². The molecule has 0 spiro atoms. The smallest absolute Gasteiger partial charge is 0.142 e. The van der Waals surface area contributed by atoms with Crippen molar-refractivity contribution in [2.24, 2.45) is 0 Å². The molecule has 0 aliphatic rings. The van der Waals surface area contributed by atoms with Gasteiger partial charge in [0, 0.05) is 0 Å². The third-order valence-electron chi connectivity index (χ3n) is 2.32. The zero-order chi connectivity index (χ0) is 12.1. The second kappa shape index (κ2) is 5.77. The molecule has 0 saturated carbocycles. The minimum atomic E-state index is 0.623. The van der Waals surface area contributed by atoms with Crippen LogP contribution in [0.1, 0.15) is 12.7 Å². The Hall–Kier alpha value is -1.42. The van der Waals surface area contributed by atoms with E-state index in [0.717, 1.165) is 21.7 Å². The molecule has 0 amide bonds. The molecule has 1 N–H and O–H groups in total. The van der Waals surface area contributed by atoms with Gasteiger partial charge in [-0.15, -0.1) is 0 Å². The fourth-order valence-corrected chi connectivity index (χ4v) is 1.86. The molecule has 0 aliphatic carbocycles. The average Bonchev–Trinajstić information content (AvgIpc) is 2.74. The first kappa shape index (κ1) is 12.0. The van der Waals surface area contributed by atoms with Gasteiger partial charge in [-0.3, -0.25) is 0 Å². The fourth-order valence-electron chi connectivity index (χ4n) is 1.52. The molecule has 0 saturated heterocycles. The minimum absolute atomic E-state index is 0.623. The van der Waals surface area contributed by atoms with E-state index in [9.17, 15) is 0 Å². The van der Waals surface area contributed by atoms with Gasteiger partial charge in [0.2, 0.25) is 0 Å². The molecule has 0 aliphatic heterocycles. The highest BCUT2D eigenvalue weighted by Gasteiger charge is 2.05. The van der Waals surface area contributed by atoms with Crippen molar-refractivity contribution in [1.29, 1.82) is 0 Å². The normalized spacial score (nSPS) is 10.2. The molecule has 0 fully saturated rings. The molecule has 1 aromatic heterocycles. The van der Waals surface area contributed by atoms with Crippen LogP contribution in [0.25, 0.3) is 0 Å². The molecule has 0 unspecified atom stereocenters. The highest BCUT2D eigenvalue weighted by molar-refractivity contribution is 9.10. The number of hydrogen-bond acceptors (Lipinski definition) is 3. The number of furan rings is 1. The van der Waals surface area contributed by atoms with E-state index in [1.807, 2.05) is 37.3 Å². The van der Waals surface area contributed by atoms with Gasteiger partial charge in [0.25, 0.3) is 0 Å². The molecule has 2 aromatic rings. The zero-order valence-electron chi connectivity index (χ0n) is 9.57. The Balaban J connectivity index is 2.06. The Morgan fingerprint density at radius 1 is 1.29 bits per heavy atom. The van der Waals surface area contributed by atoms with E-state index in [1.165, 1.54) is 0 Å². The third-order valence-corrected chi connectivity index (χ3v) is 3.02. The minimum Gasteiger partial charge on any atom is -0.492 e. The van der Waals surface area contributed by atoms with Crippen molar-refractivity contribution in [3.63, 3.8) is 0 Å². The van der Waals surface area contributed by atoms with Crippen LogP contribution in [0, 0.1) is 0 Å². The first-order valence-electron chi connectivity index (χ1n) is 5.49. The Morgan fingerprint density at radius 3 is 2.82 bits per heavy atom. The monoisotopic (exact) mass is 295 g/mol. The fraction of sp³-hybridized carbons (Fsp3) is 0.231. The van der Waals surface area contributed by atoms with Crippen LogP contribution in [-0.4, -0.2) is 6.61 Å². The summed E-state index contributed by atoms with van der Waals surface area (Å²) in [6, 6.07) is 9.75. The Morgan fingerprint density at radius 2 is 2.12 bits per heavy atom. The lowest BCUT2D eigenvalue weighted by Gasteiger charge is -2.11. The maximum atomic E-state index is 5.53. The zero-order valence-corrected chi connectivity index (χ0v) is 11.2. The number of hydrogen-bond donors (Lipinski definition) is 1. The summed E-state index contributed by atoms with van der Waals surface area (Å²) in [4.78, 5) is 0. The van der Waals surface area contributed by atoms with Crippen molar-refractivity contribution in [2.75, 3.05) is 11.9 Å². The molecule has 0 atom stereocenters. The summed E-state index contributed by atoms with van der Waals surface area (Å²) in [5, 5.41) is 3.29. The largest absolute Gasteiger partial charge is 0.492 e. The quantitative estimate of drug-likeness (QED) is 0.903. The number of nitrogens with one attached hydrogen (secondary N) is 1. The predicted octanol–water partition coefficient (Wildman–Crippen LogP) is 4.05. The third kappa shape index (κ3) is 3.03. The highest BCUT2D eigenvalue weighted by Crippen LogP contribution is 2.25. The van der Waals surface area contributed by atoms with Gasteiger partial charge in [0.1, 0.15) is 11.5 Å². The van der Waals surface area contributed by atoms with Gasteiger partial charge in [-0.2, -0.15) is 0 Å². The van der Waals surface area contributed by atoms with E-state index in [0.29, 0.717) is 13.2 Å². The lowest BCUT2D eigenvalue weighted by atomic mass is 10.3. The second-order valence-corrected chi connectivity index (χ2v) is 4.33. The standard InChI is InChI=1S/C13H14BrNO2/c1-2-16-12-6-4-3-5-11(12)15-9-13-10(14)7-8-17-13/h3-8,15H,2,9H2,1H3. The molecule has 3 nitrogen and oxygen atoms in total. The molecular weight excluding hydrogens is 282 g/mol. The summed E-state index contributed by atoms with van der Waals surface area (Å²) in [7, 11) is 0. The van der Waals surface area contributed by atoms with Crippen LogP contribution in [0.4, 0.5) is 5.69 Å². The van der Waals surface area contributed by atoms with Crippen LogP contribution < -0.4 is 10.1 Å². The Kier molecular flexibility index (Phi) is 4.09. The Bertz CT molecular complexity index is 482. The van der Waals surface area contributed by atoms with Crippen molar-refractivity contribution in [3.8, 4) is 5.75 Å². The van der Waals surface area contributed by atoms with E-state index < -0.39 is 0 Å². The van der Waals surface area contributed by atoms with Gasteiger partial charge in [0.15, 0.2) is 0 Å². The van der Waals surface area contributed by atoms with Gasteiger partial charge >= 0.3 is 0 Å². The van der Waals surface area contributed by atoms with Crippen LogP contribution in [0.5, 0.6) is 5.75 Å². The summed E-state index contributed by atoms with van der Waals surface area (Å²) in [6.45, 7) is 3.25. The van der Waals surface area contributed by atoms with Crippen LogP contribution in [0.3, 0.4) is 0 Å². The molecule has 17 heavy (non-hydrogen) atoms. The van der Waals surface area contributed by atoms with Crippen molar-refractivity contribution < 1.29 is 9.15 Å². The molecular formula is C13H14BrNO2. The van der Waals surface area contributed by atoms with Crippen molar-refractivity contribution in [3.05, 3.63) is 46.8 Å². The summed E-state index contributed by atoms with van der Waals surface area (Å²) in [6.07, 6.45) is 1.66. The molecule has 4 heteroatoms. The maximum Gasteiger partial charge on any atom is 0.142 e. The molecule has 0 bridgehead atoms. The first-order valence-corrected chi connectivity index (χ1v) is 6.28. The van der Waals surface area contributed by atoms with E-state index in [2.05, 4.69) is 21.2 Å². The SMILES string of the molecule is CCOc1ccccc1NCc1occc1Br. The number of halogens is 1. The number of rotatable bonds is 5. The molecule has 0 radical (unpaired) electrons. The van der Waals surface area contributed by atoms with Crippen LogP contribution in [0.15, 0.2) is 45.5 Å². The van der Waals surface area contributed by atoms with Gasteiger partial charge < -0.3 is 14.5 Å². The first-order chi connectivity index (χ1) is 8.31. The van der Waals surface area contributed by atoms with Crippen LogP contribution in [0.2, 0.25) is 0 Å². The topological polar surface area (TPSA) is 34.4 Å². The van der Waals surface area contributed by atoms with E-state index in [1.54, 1.807) is 6.26 Å². The highest BCUT2D eigenvalue weighted by atomic mass is 79.9. The lowest BCUT2D eigenvalue weighted by Crippen LogP contribution is -2.02. The molecule has 1 aromatic carbocycles. The number of ether oxygens (including phenoxy) is 1. The molecule has 1 heterocycles. The number of benzene rings is 1. The van der Waals surface area contributed by atoms with Gasteiger partial charge in [-0.25, -0.2) is 0 Å². The van der Waals surface area contributed by atoms with E-state index in [-0.39, 0.29) is 0 Å². The van der Waals surface area contributed by atoms with Gasteiger partial charge in [-0.1, -0.05) is 12.1 Å². The summed E-state index contributed by atoms with van der Waals surface area (Å²) in [5.41, 5.74) is 0.970. The van der Waals surface area contributed by atoms with Crippen molar-refractivity contribution in [1.82, 2.24) is 0 Å². The summed E-state index contributed by atoms with van der Waals surface area (Å²) >= 11 is 3.42. The van der Waals surface area contributed by atoms with Crippen molar-refractivity contribution in [2.45, 2.75) is 13.5 Å².